The third-order valence-corrected chi connectivity index (χ3v) is 7.78. The average molecular weight is 659 g/mol. The molecule has 2 aliphatic heterocycles. The molecule has 12 nitrogen and oxygen atoms in total. The van der Waals surface area contributed by atoms with Crippen molar-refractivity contribution in [3.8, 4) is 0 Å². The number of esters is 2. The van der Waals surface area contributed by atoms with Crippen molar-refractivity contribution < 1.29 is 38.1 Å². The van der Waals surface area contributed by atoms with Gasteiger partial charge in [-0.15, -0.1) is 13.2 Å². The van der Waals surface area contributed by atoms with E-state index in [-0.39, 0.29) is 30.5 Å². The highest BCUT2D eigenvalue weighted by Gasteiger charge is 2.49. The number of hydrogen-bond acceptors (Lipinski definition) is 10. The van der Waals surface area contributed by atoms with Crippen LogP contribution >= 0.6 is 0 Å². The molecule has 0 bridgehead atoms. The van der Waals surface area contributed by atoms with Gasteiger partial charge >= 0.3 is 24.1 Å². The van der Waals surface area contributed by atoms with Crippen molar-refractivity contribution in [2.24, 2.45) is 17.6 Å². The number of nitrogens with one attached hydrogen (secondary N) is 1. The number of nitrogens with two attached hydrogens (primary N) is 1. The Morgan fingerprint density at radius 1 is 0.809 bits per heavy atom. The molecule has 262 valence electrons. The van der Waals surface area contributed by atoms with Crippen LogP contribution in [0.3, 0.4) is 0 Å². The quantitative estimate of drug-likeness (QED) is 0.222. The molecule has 0 spiro atoms. The largest absolute Gasteiger partial charge is 0.467 e. The lowest BCUT2D eigenvalue weighted by molar-refractivity contribution is -0.147. The second-order valence-electron chi connectivity index (χ2n) is 13.7. The zero-order valence-electron chi connectivity index (χ0n) is 29.2. The highest BCUT2D eigenvalue weighted by atomic mass is 16.6. The Balaban J connectivity index is 0.000000343. The Morgan fingerprint density at radius 3 is 1.70 bits per heavy atom. The van der Waals surface area contributed by atoms with Crippen LogP contribution in [0.5, 0.6) is 0 Å². The third kappa shape index (κ3) is 11.4. The highest BCUT2D eigenvalue weighted by Crippen LogP contribution is 2.31. The van der Waals surface area contributed by atoms with Crippen molar-refractivity contribution in [2.45, 2.75) is 96.3 Å². The predicted molar refractivity (Wildman–Crippen MR) is 179 cm³/mol. The molecule has 0 unspecified atom stereocenters. The van der Waals surface area contributed by atoms with Gasteiger partial charge in [0.25, 0.3) is 0 Å². The number of methoxy groups -OCH3 is 2. The summed E-state index contributed by atoms with van der Waals surface area (Å²) < 4.78 is 20.6. The molecule has 0 radical (unpaired) electrons. The van der Waals surface area contributed by atoms with Crippen molar-refractivity contribution in [3.05, 3.63) is 61.2 Å². The lowest BCUT2D eigenvalue weighted by atomic mass is 9.92. The molecule has 6 atom stereocenters. The fourth-order valence-corrected chi connectivity index (χ4v) is 5.76. The van der Waals surface area contributed by atoms with Crippen LogP contribution in [0.4, 0.5) is 9.59 Å². The normalized spacial score (nSPS) is 24.0. The Hall–Kier alpha value is -3.90. The number of nitrogens with zero attached hydrogens (tertiary/aromatic N) is 2. The minimum atomic E-state index is -0.720. The number of allylic oxidation sites excluding steroid dienone is 2. The van der Waals surface area contributed by atoms with E-state index in [2.05, 4.69) is 18.5 Å². The zero-order valence-corrected chi connectivity index (χ0v) is 29.2. The van der Waals surface area contributed by atoms with Crippen LogP contribution in [0.1, 0.15) is 59.9 Å². The van der Waals surface area contributed by atoms with Gasteiger partial charge in [-0.2, -0.15) is 0 Å². The maximum atomic E-state index is 12.7. The van der Waals surface area contributed by atoms with Gasteiger partial charge in [-0.25, -0.2) is 19.2 Å². The molecular formula is C35H54N4O8. The van der Waals surface area contributed by atoms with Gasteiger partial charge in [-0.05, 0) is 59.9 Å². The van der Waals surface area contributed by atoms with Crippen LogP contribution in [-0.4, -0.2) is 96.6 Å². The zero-order chi connectivity index (χ0) is 35.5. The number of ether oxygens (including phenoxy) is 4. The fourth-order valence-electron chi connectivity index (χ4n) is 5.76. The summed E-state index contributed by atoms with van der Waals surface area (Å²) >= 11 is 0. The van der Waals surface area contributed by atoms with E-state index in [9.17, 15) is 19.2 Å². The molecule has 47 heavy (non-hydrogen) atoms. The number of hydrogen-bond donors (Lipinski definition) is 2. The smallest absolute Gasteiger partial charge is 0.411 e. The Bertz CT molecular complexity index is 1230. The van der Waals surface area contributed by atoms with Crippen molar-refractivity contribution in [1.29, 1.82) is 0 Å². The van der Waals surface area contributed by atoms with Crippen molar-refractivity contribution in [3.63, 3.8) is 0 Å². The first-order valence-electron chi connectivity index (χ1n) is 15.9. The van der Waals surface area contributed by atoms with E-state index in [1.54, 1.807) is 53.7 Å². The van der Waals surface area contributed by atoms with Crippen molar-refractivity contribution in [2.75, 3.05) is 27.3 Å². The minimum absolute atomic E-state index is 0.0696. The molecule has 2 saturated heterocycles. The number of carbonyl (C=O) groups excluding carboxylic acids is 4. The molecule has 3 rings (SSSR count). The predicted octanol–water partition coefficient (Wildman–Crippen LogP) is 4.43. The summed E-state index contributed by atoms with van der Waals surface area (Å²) in [5, 5.41) is 3.48. The van der Waals surface area contributed by atoms with Gasteiger partial charge in [0.1, 0.15) is 23.3 Å². The lowest BCUT2D eigenvalue weighted by Crippen LogP contribution is -2.46. The molecule has 2 fully saturated rings. The van der Waals surface area contributed by atoms with Crippen LogP contribution in [-0.2, 0) is 35.1 Å². The van der Waals surface area contributed by atoms with Gasteiger partial charge in [0.05, 0.1) is 14.2 Å². The molecule has 2 heterocycles. The molecule has 12 heteroatoms. The van der Waals surface area contributed by atoms with Gasteiger partial charge in [0.15, 0.2) is 0 Å². The van der Waals surface area contributed by atoms with E-state index >= 15 is 0 Å². The van der Waals surface area contributed by atoms with E-state index in [1.807, 2.05) is 30.3 Å². The molecule has 2 aliphatic rings. The maximum Gasteiger partial charge on any atom is 0.411 e. The Kier molecular flexibility index (Phi) is 14.5. The van der Waals surface area contributed by atoms with Gasteiger partial charge in [0, 0.05) is 43.6 Å². The van der Waals surface area contributed by atoms with Crippen molar-refractivity contribution in [1.82, 2.24) is 15.1 Å². The minimum Gasteiger partial charge on any atom is -0.467 e. The SMILES string of the molecule is C=CC[C@@H]1[C@@H](NCc2ccccc2)CN(C(=O)OC(C)(C)C)[C@@H]1C(=O)OC.C=CC[C@H]1[C@@H](C(=O)OC)N(C(=O)OC(C)(C)C)C[C@@H]1N. The molecule has 0 saturated carbocycles. The van der Waals surface area contributed by atoms with Gasteiger partial charge < -0.3 is 30.0 Å². The van der Waals surface area contributed by atoms with Gasteiger partial charge in [0.2, 0.25) is 0 Å². The first-order valence-corrected chi connectivity index (χ1v) is 15.9. The Morgan fingerprint density at radius 2 is 1.26 bits per heavy atom. The molecule has 0 aliphatic carbocycles. The second-order valence-corrected chi connectivity index (χ2v) is 13.7. The summed E-state index contributed by atoms with van der Waals surface area (Å²) in [5.41, 5.74) is 5.91. The molecule has 1 aromatic rings. The molecule has 0 aromatic heterocycles. The summed E-state index contributed by atoms with van der Waals surface area (Å²) in [6.45, 7) is 19.5. The van der Waals surface area contributed by atoms with E-state index in [0.29, 0.717) is 25.9 Å². The average Bonchev–Trinajstić information content (AvgIpc) is 3.52. The summed E-state index contributed by atoms with van der Waals surface area (Å²) in [5.74, 6) is -1.24. The Labute approximate surface area is 279 Å². The maximum absolute atomic E-state index is 12.7. The first-order chi connectivity index (χ1) is 22.0. The number of carbonyl (C=O) groups is 4. The summed E-state index contributed by atoms with van der Waals surface area (Å²) in [6.07, 6.45) is 3.55. The number of amides is 2. The standard InChI is InChI=1S/C21H30N2O4.C14H24N2O4/c1-6-10-16-17(22-13-15-11-8-7-9-12-15)14-23(18(16)19(24)26-5)20(25)27-21(2,3)4;1-6-7-9-10(15)8-16(11(9)12(17)19-5)13(18)20-14(2,3)4/h6-9,11-12,16-18,22H,1,10,13-14H2,2-5H3;6,9-11H,1,7-8,15H2,2-5H3/t16-,17+,18+;9-,10+,11+/m11/s1. The second kappa shape index (κ2) is 17.3. The topological polar surface area (TPSA) is 150 Å². The van der Waals surface area contributed by atoms with Crippen LogP contribution in [0.2, 0.25) is 0 Å². The molecule has 3 N–H and O–H groups in total. The van der Waals surface area contributed by atoms with E-state index in [1.165, 1.54) is 24.0 Å². The van der Waals surface area contributed by atoms with Crippen molar-refractivity contribution >= 4 is 24.1 Å². The summed E-state index contributed by atoms with van der Waals surface area (Å²) in [6, 6.07) is 8.22. The first kappa shape index (κ1) is 39.3. The molecular weight excluding hydrogens is 604 g/mol. The number of likely N-dealkylation sites (tertiary alicyclic amines) is 2. The molecule has 2 amide bonds. The number of rotatable bonds is 9. The summed E-state index contributed by atoms with van der Waals surface area (Å²) in [7, 11) is 2.63. The van der Waals surface area contributed by atoms with Crippen LogP contribution < -0.4 is 11.1 Å². The van der Waals surface area contributed by atoms with E-state index < -0.39 is 47.4 Å². The summed E-state index contributed by atoms with van der Waals surface area (Å²) in [4.78, 5) is 52.2. The monoisotopic (exact) mass is 658 g/mol. The van der Waals surface area contributed by atoms with Crippen LogP contribution in [0.15, 0.2) is 55.6 Å². The van der Waals surface area contributed by atoms with Gasteiger partial charge in [-0.1, -0.05) is 42.5 Å². The van der Waals surface area contributed by atoms with Crippen LogP contribution in [0.25, 0.3) is 0 Å². The van der Waals surface area contributed by atoms with Crippen LogP contribution in [0, 0.1) is 11.8 Å². The highest BCUT2D eigenvalue weighted by molar-refractivity contribution is 5.83. The van der Waals surface area contributed by atoms with E-state index in [4.69, 9.17) is 24.7 Å². The lowest BCUT2D eigenvalue weighted by Gasteiger charge is -2.28. The van der Waals surface area contributed by atoms with E-state index in [0.717, 1.165) is 5.56 Å². The third-order valence-electron chi connectivity index (χ3n) is 7.78. The van der Waals surface area contributed by atoms with Gasteiger partial charge in [-0.3, -0.25) is 9.80 Å². The molecule has 1 aromatic carbocycles. The number of benzene rings is 1. The fraction of sp³-hybridized carbons (Fsp3) is 0.600.